The van der Waals surface area contributed by atoms with Crippen LogP contribution in [0.5, 0.6) is 0 Å². The first kappa shape index (κ1) is 21.0. The molecular formula is C21H25N3O4S. The second-order valence-electron chi connectivity index (χ2n) is 6.77. The highest BCUT2D eigenvalue weighted by Gasteiger charge is 2.30. The quantitative estimate of drug-likeness (QED) is 0.749. The Hall–Kier alpha value is -2.74. The van der Waals surface area contributed by atoms with Gasteiger partial charge in [0.05, 0.1) is 6.26 Å². The highest BCUT2D eigenvalue weighted by molar-refractivity contribution is 7.98. The van der Waals surface area contributed by atoms with Crippen LogP contribution >= 0.6 is 11.8 Å². The first-order valence-corrected chi connectivity index (χ1v) is 11.0. The average molecular weight is 416 g/mol. The van der Waals surface area contributed by atoms with Gasteiger partial charge in [0.2, 0.25) is 5.91 Å². The summed E-state index contributed by atoms with van der Waals surface area (Å²) in [6.07, 6.45) is 3.93. The van der Waals surface area contributed by atoms with Crippen molar-refractivity contribution in [1.82, 2.24) is 15.1 Å². The van der Waals surface area contributed by atoms with E-state index in [1.807, 2.05) is 24.5 Å². The Morgan fingerprint density at radius 2 is 1.72 bits per heavy atom. The van der Waals surface area contributed by atoms with E-state index in [0.29, 0.717) is 38.2 Å². The molecule has 1 N–H and O–H groups in total. The molecular weight excluding hydrogens is 390 g/mol. The number of carbonyl (C=O) groups is 3. The van der Waals surface area contributed by atoms with Crippen molar-refractivity contribution in [2.45, 2.75) is 12.5 Å². The molecule has 1 atom stereocenters. The number of thioether (sulfide) groups is 1. The second-order valence-corrected chi connectivity index (χ2v) is 7.75. The molecule has 0 radical (unpaired) electrons. The summed E-state index contributed by atoms with van der Waals surface area (Å²) in [5.74, 6) is 0.396. The first-order valence-electron chi connectivity index (χ1n) is 9.56. The van der Waals surface area contributed by atoms with Gasteiger partial charge >= 0.3 is 0 Å². The third-order valence-corrected chi connectivity index (χ3v) is 5.50. The van der Waals surface area contributed by atoms with Crippen LogP contribution in [0.15, 0.2) is 53.1 Å². The molecule has 0 aliphatic carbocycles. The van der Waals surface area contributed by atoms with E-state index in [0.717, 1.165) is 5.75 Å². The lowest BCUT2D eigenvalue weighted by molar-refractivity contribution is -0.134. The molecule has 0 saturated carbocycles. The van der Waals surface area contributed by atoms with Gasteiger partial charge in [-0.3, -0.25) is 14.4 Å². The molecule has 0 bridgehead atoms. The maximum Gasteiger partial charge on any atom is 0.287 e. The van der Waals surface area contributed by atoms with Crippen LogP contribution in [0.1, 0.15) is 27.3 Å². The Morgan fingerprint density at radius 1 is 1.03 bits per heavy atom. The molecule has 1 aliphatic rings. The first-order chi connectivity index (χ1) is 14.1. The zero-order valence-corrected chi connectivity index (χ0v) is 17.2. The maximum absolute atomic E-state index is 13.0. The summed E-state index contributed by atoms with van der Waals surface area (Å²) in [5, 5.41) is 2.79. The summed E-state index contributed by atoms with van der Waals surface area (Å²) in [6.45, 7) is 1.84. The number of nitrogens with zero attached hydrogens (tertiary/aromatic N) is 2. The molecule has 1 aromatic carbocycles. The van der Waals surface area contributed by atoms with Gasteiger partial charge in [-0.15, -0.1) is 0 Å². The number of piperazine rings is 1. The smallest absolute Gasteiger partial charge is 0.287 e. The molecule has 1 aliphatic heterocycles. The molecule has 154 valence electrons. The lowest BCUT2D eigenvalue weighted by atomic mass is 10.1. The molecule has 0 unspecified atom stereocenters. The van der Waals surface area contributed by atoms with Crippen molar-refractivity contribution in [3.8, 4) is 0 Å². The van der Waals surface area contributed by atoms with Gasteiger partial charge in [-0.1, -0.05) is 18.2 Å². The molecule has 7 nitrogen and oxygen atoms in total. The zero-order chi connectivity index (χ0) is 20.6. The average Bonchev–Trinajstić information content (AvgIpc) is 3.31. The highest BCUT2D eigenvalue weighted by atomic mass is 32.2. The van der Waals surface area contributed by atoms with Gasteiger partial charge < -0.3 is 19.5 Å². The van der Waals surface area contributed by atoms with Crippen molar-refractivity contribution < 1.29 is 18.8 Å². The standard InChI is InChI=1S/C21H25N3O4S/c1-29-15-9-17(22-19(25)18-8-5-14-28-18)21(27)24-12-10-23(11-13-24)20(26)16-6-3-2-4-7-16/h2-8,14,17H,9-13,15H2,1H3,(H,22,25)/t17-/m1/s1. The summed E-state index contributed by atoms with van der Waals surface area (Å²) < 4.78 is 5.12. The Labute approximate surface area is 174 Å². The topological polar surface area (TPSA) is 82.9 Å². The van der Waals surface area contributed by atoms with Gasteiger partial charge in [-0.2, -0.15) is 11.8 Å². The Morgan fingerprint density at radius 3 is 2.34 bits per heavy atom. The summed E-state index contributed by atoms with van der Waals surface area (Å²) in [6, 6.07) is 11.7. The Balaban J connectivity index is 1.58. The van der Waals surface area contributed by atoms with Gasteiger partial charge in [0.1, 0.15) is 6.04 Å². The summed E-state index contributed by atoms with van der Waals surface area (Å²) in [5.41, 5.74) is 0.649. The second kappa shape index (κ2) is 10.2. The number of carbonyl (C=O) groups excluding carboxylic acids is 3. The highest BCUT2D eigenvalue weighted by Crippen LogP contribution is 2.12. The third-order valence-electron chi connectivity index (χ3n) is 4.86. The molecule has 29 heavy (non-hydrogen) atoms. The molecule has 1 saturated heterocycles. The number of nitrogens with one attached hydrogen (secondary N) is 1. The van der Waals surface area contributed by atoms with E-state index in [2.05, 4.69) is 5.32 Å². The molecule has 2 heterocycles. The monoisotopic (exact) mass is 415 g/mol. The zero-order valence-electron chi connectivity index (χ0n) is 16.4. The van der Waals surface area contributed by atoms with E-state index in [-0.39, 0.29) is 17.6 Å². The molecule has 2 aromatic rings. The van der Waals surface area contributed by atoms with E-state index in [4.69, 9.17) is 4.42 Å². The fourth-order valence-corrected chi connectivity index (χ4v) is 3.72. The van der Waals surface area contributed by atoms with E-state index in [1.54, 1.807) is 45.8 Å². The summed E-state index contributed by atoms with van der Waals surface area (Å²) >= 11 is 1.62. The van der Waals surface area contributed by atoms with Crippen molar-refractivity contribution in [2.75, 3.05) is 38.2 Å². The number of furan rings is 1. The predicted octanol–water partition coefficient (Wildman–Crippen LogP) is 2.12. The molecule has 1 fully saturated rings. The van der Waals surface area contributed by atoms with Crippen LogP contribution in [0, 0.1) is 0 Å². The lowest BCUT2D eigenvalue weighted by Crippen LogP contribution is -2.56. The SMILES string of the molecule is CSCC[C@@H](NC(=O)c1ccco1)C(=O)N1CCN(C(=O)c2ccccc2)CC1. The van der Waals surface area contributed by atoms with Gasteiger partial charge in [0.15, 0.2) is 5.76 Å². The van der Waals surface area contributed by atoms with Crippen molar-refractivity contribution >= 4 is 29.5 Å². The van der Waals surface area contributed by atoms with Crippen LogP contribution in [-0.2, 0) is 4.79 Å². The van der Waals surface area contributed by atoms with Crippen LogP contribution in [0.2, 0.25) is 0 Å². The molecule has 1 aromatic heterocycles. The van der Waals surface area contributed by atoms with Crippen molar-refractivity contribution in [3.63, 3.8) is 0 Å². The fourth-order valence-electron chi connectivity index (χ4n) is 3.24. The largest absolute Gasteiger partial charge is 0.459 e. The lowest BCUT2D eigenvalue weighted by Gasteiger charge is -2.36. The van der Waals surface area contributed by atoms with Crippen LogP contribution in [0.3, 0.4) is 0 Å². The minimum atomic E-state index is -0.614. The molecule has 3 amide bonds. The van der Waals surface area contributed by atoms with E-state index >= 15 is 0 Å². The molecule has 3 rings (SSSR count). The van der Waals surface area contributed by atoms with Gasteiger partial charge in [0.25, 0.3) is 11.8 Å². The Bertz CT molecular complexity index is 818. The number of amides is 3. The van der Waals surface area contributed by atoms with Gasteiger partial charge in [-0.05, 0) is 42.7 Å². The molecule has 8 heteroatoms. The van der Waals surface area contributed by atoms with E-state index in [9.17, 15) is 14.4 Å². The maximum atomic E-state index is 13.0. The normalized spacial score (nSPS) is 15.1. The number of benzene rings is 1. The minimum Gasteiger partial charge on any atom is -0.459 e. The van der Waals surface area contributed by atoms with Crippen molar-refractivity contribution in [2.24, 2.45) is 0 Å². The predicted molar refractivity (Wildman–Crippen MR) is 112 cm³/mol. The van der Waals surface area contributed by atoms with E-state index in [1.165, 1.54) is 6.26 Å². The van der Waals surface area contributed by atoms with Crippen LogP contribution in [-0.4, -0.2) is 71.8 Å². The number of hydrogen-bond acceptors (Lipinski definition) is 5. The van der Waals surface area contributed by atoms with Crippen LogP contribution in [0.25, 0.3) is 0 Å². The molecule has 0 spiro atoms. The van der Waals surface area contributed by atoms with E-state index < -0.39 is 11.9 Å². The van der Waals surface area contributed by atoms with Gasteiger partial charge in [-0.25, -0.2) is 0 Å². The Kier molecular flexibility index (Phi) is 7.35. The number of hydrogen-bond donors (Lipinski definition) is 1. The minimum absolute atomic E-state index is 0.0252. The van der Waals surface area contributed by atoms with Gasteiger partial charge in [0, 0.05) is 31.7 Å². The van der Waals surface area contributed by atoms with Crippen LogP contribution < -0.4 is 5.32 Å². The third kappa shape index (κ3) is 5.41. The fraction of sp³-hybridized carbons (Fsp3) is 0.381. The van der Waals surface area contributed by atoms with Crippen molar-refractivity contribution in [1.29, 1.82) is 0 Å². The van der Waals surface area contributed by atoms with Crippen LogP contribution in [0.4, 0.5) is 0 Å². The van der Waals surface area contributed by atoms with Crippen molar-refractivity contribution in [3.05, 3.63) is 60.1 Å². The summed E-state index contributed by atoms with van der Waals surface area (Å²) in [4.78, 5) is 41.4. The summed E-state index contributed by atoms with van der Waals surface area (Å²) in [7, 11) is 0. The number of rotatable bonds is 7.